The second-order valence-corrected chi connectivity index (χ2v) is 8.99. The van der Waals surface area contributed by atoms with Crippen molar-refractivity contribution in [2.75, 3.05) is 0 Å². The predicted octanol–water partition coefficient (Wildman–Crippen LogP) is 8.16. The summed E-state index contributed by atoms with van der Waals surface area (Å²) < 4.78 is 0. The third kappa shape index (κ3) is 2.70. The molecule has 5 aromatic carbocycles. The van der Waals surface area contributed by atoms with Crippen LogP contribution < -0.4 is 0 Å². The van der Waals surface area contributed by atoms with Gasteiger partial charge in [-0.25, -0.2) is 0 Å². The lowest BCUT2D eigenvalue weighted by Crippen LogP contribution is -1.86. The van der Waals surface area contributed by atoms with Crippen molar-refractivity contribution in [3.8, 4) is 44.5 Å². The first-order valence-corrected chi connectivity index (χ1v) is 11.4. The summed E-state index contributed by atoms with van der Waals surface area (Å²) in [7, 11) is 0. The van der Waals surface area contributed by atoms with Gasteiger partial charge in [0.15, 0.2) is 0 Å². The van der Waals surface area contributed by atoms with Gasteiger partial charge in [0.05, 0.1) is 0 Å². The van der Waals surface area contributed by atoms with Crippen molar-refractivity contribution in [2.24, 2.45) is 0 Å². The summed E-state index contributed by atoms with van der Waals surface area (Å²) in [6.45, 7) is 0. The van der Waals surface area contributed by atoms with E-state index in [0.29, 0.717) is 0 Å². The first-order valence-electron chi connectivity index (χ1n) is 11.4. The number of hydrogen-bond acceptors (Lipinski definition) is 0. The summed E-state index contributed by atoms with van der Waals surface area (Å²) in [5.41, 5.74) is 16.4. The summed E-state index contributed by atoms with van der Waals surface area (Å²) in [6, 6.07) is 40.5. The van der Waals surface area contributed by atoms with Crippen molar-refractivity contribution in [3.63, 3.8) is 0 Å². The summed E-state index contributed by atoms with van der Waals surface area (Å²) in [4.78, 5) is 0. The van der Waals surface area contributed by atoms with Crippen LogP contribution in [0, 0.1) is 0 Å². The van der Waals surface area contributed by atoms with Crippen LogP contribution in [0.3, 0.4) is 0 Å². The molecule has 0 N–H and O–H groups in total. The first-order chi connectivity index (χ1) is 15.8. The maximum absolute atomic E-state index is 2.37. The van der Waals surface area contributed by atoms with Crippen molar-refractivity contribution >= 4 is 0 Å². The Morgan fingerprint density at radius 1 is 0.312 bits per heavy atom. The molecular formula is C32H22. The fourth-order valence-electron chi connectivity index (χ4n) is 5.48. The second kappa shape index (κ2) is 6.80. The Balaban J connectivity index is 1.30. The summed E-state index contributed by atoms with van der Waals surface area (Å²) in [5.74, 6) is 0. The molecule has 7 rings (SSSR count). The Bertz CT molecular complexity index is 1410. The van der Waals surface area contributed by atoms with Crippen LogP contribution in [-0.4, -0.2) is 0 Å². The van der Waals surface area contributed by atoms with Gasteiger partial charge in [0, 0.05) is 0 Å². The number of benzene rings is 5. The molecule has 0 unspecified atom stereocenters. The molecule has 0 radical (unpaired) electrons. The monoisotopic (exact) mass is 406 g/mol. The van der Waals surface area contributed by atoms with E-state index in [1.54, 1.807) is 0 Å². The van der Waals surface area contributed by atoms with Crippen LogP contribution in [0.1, 0.15) is 22.3 Å². The minimum absolute atomic E-state index is 1.04. The molecule has 150 valence electrons. The average molecular weight is 407 g/mol. The topological polar surface area (TPSA) is 0 Å². The van der Waals surface area contributed by atoms with E-state index in [0.717, 1.165) is 12.8 Å². The number of fused-ring (bicyclic) bond motifs is 6. The van der Waals surface area contributed by atoms with E-state index in [9.17, 15) is 0 Å². The Labute approximate surface area is 188 Å². The Hall–Kier alpha value is -3.90. The van der Waals surface area contributed by atoms with Gasteiger partial charge in [-0.15, -0.1) is 0 Å². The van der Waals surface area contributed by atoms with E-state index in [-0.39, 0.29) is 0 Å². The Morgan fingerprint density at radius 3 is 1.28 bits per heavy atom. The quantitative estimate of drug-likeness (QED) is 0.272. The molecule has 0 spiro atoms. The highest BCUT2D eigenvalue weighted by atomic mass is 14.2. The lowest BCUT2D eigenvalue weighted by molar-refractivity contribution is 1.26. The highest BCUT2D eigenvalue weighted by molar-refractivity contribution is 5.84. The van der Waals surface area contributed by atoms with Gasteiger partial charge >= 0.3 is 0 Å². The molecule has 2 aliphatic carbocycles. The molecule has 0 amide bonds. The van der Waals surface area contributed by atoms with Gasteiger partial charge in [0.1, 0.15) is 0 Å². The van der Waals surface area contributed by atoms with E-state index >= 15 is 0 Å². The largest absolute Gasteiger partial charge is 0.0619 e. The van der Waals surface area contributed by atoms with Crippen molar-refractivity contribution in [3.05, 3.63) is 131 Å². The molecule has 2 aliphatic rings. The van der Waals surface area contributed by atoms with Crippen LogP contribution in [0.4, 0.5) is 0 Å². The normalized spacial score (nSPS) is 12.8. The predicted molar refractivity (Wildman–Crippen MR) is 134 cm³/mol. The molecular weight excluding hydrogens is 384 g/mol. The number of rotatable bonds is 2. The van der Waals surface area contributed by atoms with E-state index in [1.807, 2.05) is 0 Å². The van der Waals surface area contributed by atoms with Crippen LogP contribution in [0.2, 0.25) is 0 Å². The molecule has 5 aromatic rings. The fourth-order valence-corrected chi connectivity index (χ4v) is 5.48. The van der Waals surface area contributed by atoms with Crippen molar-refractivity contribution in [2.45, 2.75) is 12.8 Å². The van der Waals surface area contributed by atoms with Gasteiger partial charge in [-0.05, 0) is 97.8 Å². The van der Waals surface area contributed by atoms with Crippen LogP contribution >= 0.6 is 0 Å². The molecule has 0 aliphatic heterocycles. The van der Waals surface area contributed by atoms with Gasteiger partial charge in [0.25, 0.3) is 0 Å². The van der Waals surface area contributed by atoms with Crippen molar-refractivity contribution in [1.29, 1.82) is 0 Å². The van der Waals surface area contributed by atoms with Gasteiger partial charge < -0.3 is 0 Å². The van der Waals surface area contributed by atoms with E-state index < -0.39 is 0 Å². The number of hydrogen-bond donors (Lipinski definition) is 0. The third-order valence-corrected chi connectivity index (χ3v) is 7.13. The standard InChI is InChI=1S/C32H22/c1-3-10-29-25(6-1)17-27-14-12-23(19-31(27)29)21-8-5-9-22(16-21)24-13-15-28-18-26-7-2-4-11-30(26)32(28)20-24/h1-16,19-20H,17-18H2. The molecule has 0 aromatic heterocycles. The van der Waals surface area contributed by atoms with Gasteiger partial charge in [0.2, 0.25) is 0 Å². The first kappa shape index (κ1) is 17.7. The fraction of sp³-hybridized carbons (Fsp3) is 0.0625. The minimum Gasteiger partial charge on any atom is -0.0619 e. The molecule has 0 bridgehead atoms. The maximum atomic E-state index is 2.37. The Morgan fingerprint density at radius 2 is 0.750 bits per heavy atom. The molecule has 0 saturated carbocycles. The molecule has 0 heterocycles. The summed E-state index contributed by atoms with van der Waals surface area (Å²) >= 11 is 0. The lowest BCUT2D eigenvalue weighted by Gasteiger charge is -2.10. The minimum atomic E-state index is 1.04. The molecule has 0 saturated heterocycles. The summed E-state index contributed by atoms with van der Waals surface area (Å²) in [5, 5.41) is 0. The van der Waals surface area contributed by atoms with E-state index in [2.05, 4.69) is 109 Å². The molecule has 0 heteroatoms. The smallest absolute Gasteiger partial charge is 0.00134 e. The van der Waals surface area contributed by atoms with Crippen LogP contribution in [-0.2, 0) is 12.8 Å². The average Bonchev–Trinajstić information content (AvgIpc) is 3.41. The molecule has 0 fully saturated rings. The Kier molecular flexibility index (Phi) is 3.77. The second-order valence-electron chi connectivity index (χ2n) is 8.99. The zero-order chi connectivity index (χ0) is 21.1. The van der Waals surface area contributed by atoms with Gasteiger partial charge in [-0.2, -0.15) is 0 Å². The maximum Gasteiger partial charge on any atom is -0.00134 e. The van der Waals surface area contributed by atoms with E-state index in [1.165, 1.54) is 66.8 Å². The molecule has 0 nitrogen and oxygen atoms in total. The summed E-state index contributed by atoms with van der Waals surface area (Å²) in [6.07, 6.45) is 2.09. The van der Waals surface area contributed by atoms with Crippen LogP contribution in [0.25, 0.3) is 44.5 Å². The zero-order valence-corrected chi connectivity index (χ0v) is 17.8. The highest BCUT2D eigenvalue weighted by Crippen LogP contribution is 2.41. The molecule has 0 atom stereocenters. The zero-order valence-electron chi connectivity index (χ0n) is 17.8. The van der Waals surface area contributed by atoms with Crippen molar-refractivity contribution < 1.29 is 0 Å². The van der Waals surface area contributed by atoms with Gasteiger partial charge in [-0.1, -0.05) is 91.0 Å². The SMILES string of the molecule is c1cc(-c2ccc3c(c2)-c2ccccc2C3)cc(-c2ccc3c(c2)-c2ccccc2C3)c1. The third-order valence-electron chi connectivity index (χ3n) is 7.13. The van der Waals surface area contributed by atoms with Gasteiger partial charge in [-0.3, -0.25) is 0 Å². The molecule has 32 heavy (non-hydrogen) atoms. The highest BCUT2D eigenvalue weighted by Gasteiger charge is 2.20. The van der Waals surface area contributed by atoms with Crippen LogP contribution in [0.15, 0.2) is 109 Å². The van der Waals surface area contributed by atoms with Crippen molar-refractivity contribution in [1.82, 2.24) is 0 Å². The van der Waals surface area contributed by atoms with Crippen LogP contribution in [0.5, 0.6) is 0 Å². The van der Waals surface area contributed by atoms with E-state index in [4.69, 9.17) is 0 Å². The lowest BCUT2D eigenvalue weighted by atomic mass is 9.94.